The number of carbonyl (C=O) groups is 2. The monoisotopic (exact) mass is 511 g/mol. The molecule has 2 aromatic rings. The third-order valence-electron chi connectivity index (χ3n) is 6.19. The summed E-state index contributed by atoms with van der Waals surface area (Å²) in [7, 11) is -3.67. The molecule has 1 aliphatic heterocycles. The van der Waals surface area contributed by atoms with E-state index in [0.29, 0.717) is 25.4 Å². The fourth-order valence-corrected chi connectivity index (χ4v) is 4.50. The zero-order valence-corrected chi connectivity index (χ0v) is 19.0. The van der Waals surface area contributed by atoms with Crippen molar-refractivity contribution in [3.63, 3.8) is 0 Å². The molecule has 1 aromatic carbocycles. The number of anilines is 1. The Morgan fingerprint density at radius 2 is 1.74 bits per heavy atom. The highest BCUT2D eigenvalue weighted by atomic mass is 32.2. The Labute approximate surface area is 197 Å². The zero-order valence-electron chi connectivity index (χ0n) is 18.2. The van der Waals surface area contributed by atoms with E-state index in [2.05, 4.69) is 4.98 Å². The molecule has 4 atom stereocenters. The highest BCUT2D eigenvalue weighted by Gasteiger charge is 2.54. The molecule has 1 aromatic heterocycles. The van der Waals surface area contributed by atoms with Crippen LogP contribution < -0.4 is 10.6 Å². The van der Waals surface area contributed by atoms with Gasteiger partial charge in [0.05, 0.1) is 11.9 Å². The molecule has 2 heterocycles. The van der Waals surface area contributed by atoms with E-state index >= 15 is 0 Å². The molecule has 2 aliphatic carbocycles. The van der Waals surface area contributed by atoms with E-state index in [4.69, 9.17) is 10.3 Å². The summed E-state index contributed by atoms with van der Waals surface area (Å²) in [5.74, 6) is -5.45. The Bertz CT molecular complexity index is 1360. The second-order valence-electron chi connectivity index (χ2n) is 8.63. The van der Waals surface area contributed by atoms with Crippen molar-refractivity contribution in [3.05, 3.63) is 70.2 Å². The number of ketones is 1. The molecule has 0 spiro atoms. The molecular formula is C22H20F3N3O6S. The second kappa shape index (κ2) is 8.73. The number of aromatic nitrogens is 1. The Balaban J connectivity index is 0.000000527. The molecule has 5 rings (SSSR count). The van der Waals surface area contributed by atoms with Crippen molar-refractivity contribution in [1.29, 1.82) is 0 Å². The first-order chi connectivity index (χ1) is 16.3. The molecule has 2 unspecified atom stereocenters. The molecule has 186 valence electrons. The van der Waals surface area contributed by atoms with Gasteiger partial charge in [-0.05, 0) is 24.0 Å². The summed E-state index contributed by atoms with van der Waals surface area (Å²) < 4.78 is 68.6. The van der Waals surface area contributed by atoms with Crippen LogP contribution in [0, 0.1) is 29.3 Å². The van der Waals surface area contributed by atoms with Crippen molar-refractivity contribution in [2.45, 2.75) is 12.0 Å². The van der Waals surface area contributed by atoms with E-state index in [1.165, 1.54) is 6.07 Å². The number of nitrogens with two attached hydrogens (primary N) is 1. The minimum Gasteiger partial charge on any atom is -0.478 e. The number of hydrogen-bond donors (Lipinski definition) is 3. The molecule has 2 fully saturated rings. The Morgan fingerprint density at radius 3 is 2.29 bits per heavy atom. The lowest BCUT2D eigenvalue weighted by molar-refractivity contribution is -0.132. The molecule has 1 saturated carbocycles. The van der Waals surface area contributed by atoms with Gasteiger partial charge in [0.25, 0.3) is 10.1 Å². The number of benzene rings is 1. The lowest BCUT2D eigenvalue weighted by atomic mass is 9.82. The number of rotatable bonds is 3. The summed E-state index contributed by atoms with van der Waals surface area (Å²) in [6.07, 6.45) is 1.79. The molecule has 0 amide bonds. The Kier molecular flexibility index (Phi) is 6.19. The average molecular weight is 511 g/mol. The number of aliphatic carboxylic acids is 1. The molecule has 4 N–H and O–H groups in total. The first kappa shape index (κ1) is 24.8. The van der Waals surface area contributed by atoms with Gasteiger partial charge in [-0.3, -0.25) is 9.35 Å². The van der Waals surface area contributed by atoms with Gasteiger partial charge in [-0.2, -0.15) is 8.42 Å². The minimum atomic E-state index is -3.67. The number of Topliss-reactive ketones (excluding diaryl/α,β-unsaturated/α-hetero) is 1. The van der Waals surface area contributed by atoms with Crippen LogP contribution >= 0.6 is 0 Å². The van der Waals surface area contributed by atoms with Crippen LogP contribution in [0.5, 0.6) is 0 Å². The van der Waals surface area contributed by atoms with E-state index in [9.17, 15) is 36.3 Å². The molecular weight excluding hydrogens is 491 g/mol. The number of fused-ring (bicyclic) bond motifs is 2. The third-order valence-corrected chi connectivity index (χ3v) is 6.19. The van der Waals surface area contributed by atoms with Crippen molar-refractivity contribution < 1.29 is 40.8 Å². The van der Waals surface area contributed by atoms with Crippen molar-refractivity contribution in [1.82, 2.24) is 4.98 Å². The first-order valence-corrected chi connectivity index (χ1v) is 12.2. The average Bonchev–Trinajstić information content (AvgIpc) is 3.14. The molecule has 35 heavy (non-hydrogen) atoms. The maximum absolute atomic E-state index is 14.9. The van der Waals surface area contributed by atoms with Crippen LogP contribution in [0.15, 0.2) is 35.9 Å². The zero-order chi connectivity index (χ0) is 25.8. The standard InChI is InChI=1S/C21H16F3N3O3.CH4O3S/c22-8-1-2-9(15(23)3-8)10-4-12(21(29)30)19(28)11-5-16(24)20(26-18(10)11)27-6-13-14(7-27)17(13)25;1-5(2,3)4/h1-5,10,13-14,17H,6-7,25H2,(H,29,30);1H3,(H,2,3,4)/t10?,13-,14+,17?;. The lowest BCUT2D eigenvalue weighted by Crippen LogP contribution is -2.31. The Morgan fingerprint density at radius 1 is 1.14 bits per heavy atom. The third kappa shape index (κ3) is 4.92. The van der Waals surface area contributed by atoms with Crippen molar-refractivity contribution in [2.24, 2.45) is 17.6 Å². The fourth-order valence-electron chi connectivity index (χ4n) is 4.50. The molecule has 13 heteroatoms. The van der Waals surface area contributed by atoms with Gasteiger partial charge in [0.15, 0.2) is 11.6 Å². The summed E-state index contributed by atoms with van der Waals surface area (Å²) in [6.45, 7) is 1.04. The number of allylic oxidation sites excluding steroid dienone is 1. The van der Waals surface area contributed by atoms with E-state index < -0.39 is 50.8 Å². The molecule has 9 nitrogen and oxygen atoms in total. The normalized spacial score (nSPS) is 24.7. The SMILES string of the molecule is CS(=O)(=O)O.NC1[C@H]2CN(c3nc4c(cc3F)C(=O)C(C(=O)O)=CC4c3ccc(F)cc3F)C[C@@H]12. The van der Waals surface area contributed by atoms with Crippen LogP contribution in [0.4, 0.5) is 19.0 Å². The molecule has 0 bridgehead atoms. The van der Waals surface area contributed by atoms with Gasteiger partial charge in [-0.15, -0.1) is 0 Å². The van der Waals surface area contributed by atoms with Gasteiger partial charge in [0.1, 0.15) is 17.2 Å². The van der Waals surface area contributed by atoms with Crippen LogP contribution in [0.1, 0.15) is 27.5 Å². The number of pyridine rings is 1. The Hall–Kier alpha value is -3.29. The van der Waals surface area contributed by atoms with Gasteiger partial charge in [-0.25, -0.2) is 22.9 Å². The van der Waals surface area contributed by atoms with Crippen LogP contribution in [0.2, 0.25) is 0 Å². The largest absolute Gasteiger partial charge is 0.478 e. The number of carboxylic acids is 1. The van der Waals surface area contributed by atoms with Gasteiger partial charge < -0.3 is 15.7 Å². The summed E-state index contributed by atoms with van der Waals surface area (Å²) in [5.41, 5.74) is 5.05. The van der Waals surface area contributed by atoms with Crippen molar-refractivity contribution in [2.75, 3.05) is 24.2 Å². The number of nitrogens with zero attached hydrogens (tertiary/aromatic N) is 2. The van der Waals surface area contributed by atoms with E-state index in [1.54, 1.807) is 4.90 Å². The predicted octanol–water partition coefficient (Wildman–Crippen LogP) is 1.74. The van der Waals surface area contributed by atoms with Crippen LogP contribution in [0.3, 0.4) is 0 Å². The van der Waals surface area contributed by atoms with E-state index in [-0.39, 0.29) is 40.5 Å². The first-order valence-electron chi connectivity index (χ1n) is 10.3. The summed E-state index contributed by atoms with van der Waals surface area (Å²) in [6, 6.07) is 3.90. The number of hydrogen-bond acceptors (Lipinski definition) is 7. The molecule has 1 saturated heterocycles. The number of carboxylic acid groups (broad SMARTS) is 1. The van der Waals surface area contributed by atoms with E-state index in [0.717, 1.165) is 18.2 Å². The maximum atomic E-state index is 14.9. The molecule has 3 aliphatic rings. The highest BCUT2D eigenvalue weighted by Crippen LogP contribution is 2.46. The minimum absolute atomic E-state index is 0.0145. The number of piperidine rings is 1. The molecule has 0 radical (unpaired) electrons. The summed E-state index contributed by atoms with van der Waals surface area (Å²) in [4.78, 5) is 30.2. The van der Waals surface area contributed by atoms with Crippen LogP contribution in [0.25, 0.3) is 0 Å². The summed E-state index contributed by atoms with van der Waals surface area (Å²) in [5, 5.41) is 9.39. The fraction of sp³-hybridized carbons (Fsp3) is 0.318. The van der Waals surface area contributed by atoms with Gasteiger partial charge >= 0.3 is 5.97 Å². The maximum Gasteiger partial charge on any atom is 0.339 e. The van der Waals surface area contributed by atoms with Gasteiger partial charge in [0.2, 0.25) is 5.78 Å². The van der Waals surface area contributed by atoms with Gasteiger partial charge in [0, 0.05) is 42.2 Å². The predicted molar refractivity (Wildman–Crippen MR) is 117 cm³/mol. The van der Waals surface area contributed by atoms with Crippen molar-refractivity contribution in [3.8, 4) is 0 Å². The number of halogens is 3. The smallest absolute Gasteiger partial charge is 0.339 e. The van der Waals surface area contributed by atoms with Crippen LogP contribution in [-0.2, 0) is 14.9 Å². The quantitative estimate of drug-likeness (QED) is 0.413. The van der Waals surface area contributed by atoms with Crippen molar-refractivity contribution >= 4 is 27.7 Å². The number of carbonyl (C=O) groups excluding carboxylic acids is 1. The second-order valence-corrected chi connectivity index (χ2v) is 10.1. The van der Waals surface area contributed by atoms with E-state index in [1.807, 2.05) is 0 Å². The topological polar surface area (TPSA) is 151 Å². The lowest BCUT2D eigenvalue weighted by Gasteiger charge is -2.26. The highest BCUT2D eigenvalue weighted by molar-refractivity contribution is 7.85. The summed E-state index contributed by atoms with van der Waals surface area (Å²) >= 11 is 0. The van der Waals surface area contributed by atoms with Crippen LogP contribution in [-0.4, -0.2) is 60.2 Å². The van der Waals surface area contributed by atoms with Gasteiger partial charge in [-0.1, -0.05) is 12.1 Å².